The summed E-state index contributed by atoms with van der Waals surface area (Å²) in [6.07, 6.45) is 2.34. The zero-order chi connectivity index (χ0) is 18.5. The number of ether oxygens (including phenoxy) is 1. The monoisotopic (exact) mass is 370 g/mol. The van der Waals surface area contributed by atoms with Gasteiger partial charge in [-0.15, -0.1) is 0 Å². The van der Waals surface area contributed by atoms with E-state index in [-0.39, 0.29) is 17.9 Å². The van der Waals surface area contributed by atoms with Crippen LogP contribution in [0.2, 0.25) is 5.02 Å². The highest BCUT2D eigenvalue weighted by Gasteiger charge is 2.07. The molecule has 0 aliphatic rings. The number of hydrogen-bond acceptors (Lipinski definition) is 3. The van der Waals surface area contributed by atoms with Gasteiger partial charge in [0, 0.05) is 29.2 Å². The van der Waals surface area contributed by atoms with Gasteiger partial charge in [0.1, 0.15) is 12.3 Å². The highest BCUT2D eigenvalue weighted by Crippen LogP contribution is 2.16. The largest absolute Gasteiger partial charge is 0.497 e. The lowest BCUT2D eigenvalue weighted by atomic mass is 10.1. The normalized spacial score (nSPS) is 10.7. The van der Waals surface area contributed by atoms with Crippen LogP contribution in [0.4, 0.5) is 0 Å². The van der Waals surface area contributed by atoms with Gasteiger partial charge >= 0.3 is 0 Å². The number of nitrogens with one attached hydrogen (secondary N) is 1. The lowest BCUT2D eigenvalue weighted by Gasteiger charge is -2.11. The molecule has 26 heavy (non-hydrogen) atoms. The van der Waals surface area contributed by atoms with Crippen molar-refractivity contribution in [2.75, 3.05) is 13.7 Å². The first-order valence-corrected chi connectivity index (χ1v) is 8.63. The van der Waals surface area contributed by atoms with E-state index in [4.69, 9.17) is 16.3 Å². The number of benzene rings is 2. The maximum Gasteiger partial charge on any atom is 0.239 e. The number of nitrogens with zero attached hydrogens (tertiary/aromatic N) is 1. The van der Waals surface area contributed by atoms with Crippen molar-refractivity contribution in [3.63, 3.8) is 0 Å². The first-order valence-electron chi connectivity index (χ1n) is 8.25. The molecule has 5 nitrogen and oxygen atoms in total. The second kappa shape index (κ2) is 8.06. The molecule has 0 aliphatic heterocycles. The van der Waals surface area contributed by atoms with Gasteiger partial charge in [0.15, 0.2) is 5.43 Å². The van der Waals surface area contributed by atoms with Gasteiger partial charge in [0.05, 0.1) is 12.6 Å². The average molecular weight is 371 g/mol. The molecule has 0 aliphatic carbocycles. The standard InChI is InChI=1S/C20H19ClN2O3/c1-26-16-5-2-14(3-6-16)8-10-22-20(25)13-23-11-9-19(24)17-7-4-15(21)12-18(17)23/h2-7,9,11-12H,8,10,13H2,1H3,(H,22,25). The van der Waals surface area contributed by atoms with E-state index >= 15 is 0 Å². The second-order valence-electron chi connectivity index (χ2n) is 5.92. The summed E-state index contributed by atoms with van der Waals surface area (Å²) in [5, 5.41) is 3.97. The molecule has 0 atom stereocenters. The van der Waals surface area contributed by atoms with Crippen LogP contribution < -0.4 is 15.5 Å². The van der Waals surface area contributed by atoms with Crippen LogP contribution in [-0.4, -0.2) is 24.1 Å². The van der Waals surface area contributed by atoms with Crippen molar-refractivity contribution >= 4 is 28.4 Å². The Hall–Kier alpha value is -2.79. The van der Waals surface area contributed by atoms with Gasteiger partial charge in [0.2, 0.25) is 5.91 Å². The van der Waals surface area contributed by atoms with Gasteiger partial charge in [-0.2, -0.15) is 0 Å². The first-order chi connectivity index (χ1) is 12.6. The summed E-state index contributed by atoms with van der Waals surface area (Å²) in [7, 11) is 1.63. The zero-order valence-electron chi connectivity index (χ0n) is 14.4. The van der Waals surface area contributed by atoms with E-state index < -0.39 is 0 Å². The SMILES string of the molecule is COc1ccc(CCNC(=O)Cn2ccc(=O)c3ccc(Cl)cc32)cc1. The van der Waals surface area contributed by atoms with E-state index in [2.05, 4.69) is 5.32 Å². The Morgan fingerprint density at radius 1 is 1.15 bits per heavy atom. The number of rotatable bonds is 6. The molecule has 1 heterocycles. The Balaban J connectivity index is 1.63. The molecule has 1 aromatic heterocycles. The van der Waals surface area contributed by atoms with Gasteiger partial charge in [-0.25, -0.2) is 0 Å². The quantitative estimate of drug-likeness (QED) is 0.725. The first kappa shape index (κ1) is 18.0. The zero-order valence-corrected chi connectivity index (χ0v) is 15.1. The summed E-state index contributed by atoms with van der Waals surface area (Å²) in [5.41, 5.74) is 1.68. The molecule has 0 unspecified atom stereocenters. The maximum absolute atomic E-state index is 12.3. The molecule has 0 radical (unpaired) electrons. The van der Waals surface area contributed by atoms with Crippen molar-refractivity contribution < 1.29 is 9.53 Å². The van der Waals surface area contributed by atoms with Gasteiger partial charge in [-0.3, -0.25) is 9.59 Å². The highest BCUT2D eigenvalue weighted by atomic mass is 35.5. The number of carbonyl (C=O) groups excluding carboxylic acids is 1. The minimum absolute atomic E-state index is 0.0900. The molecule has 3 rings (SSSR count). The van der Waals surface area contributed by atoms with Crippen LogP contribution in [0, 0.1) is 0 Å². The predicted octanol–water partition coefficient (Wildman–Crippen LogP) is 3.02. The average Bonchev–Trinajstić information content (AvgIpc) is 2.64. The van der Waals surface area contributed by atoms with Crippen molar-refractivity contribution in [2.24, 2.45) is 0 Å². The molecule has 6 heteroatoms. The topological polar surface area (TPSA) is 60.3 Å². The van der Waals surface area contributed by atoms with Crippen LogP contribution in [0.15, 0.2) is 59.5 Å². The number of carbonyl (C=O) groups is 1. The van der Waals surface area contributed by atoms with E-state index in [0.717, 1.165) is 17.7 Å². The maximum atomic E-state index is 12.3. The van der Waals surface area contributed by atoms with Crippen LogP contribution in [0.5, 0.6) is 5.75 Å². The Kier molecular flexibility index (Phi) is 5.58. The van der Waals surface area contributed by atoms with Crippen molar-refractivity contribution in [1.29, 1.82) is 0 Å². The second-order valence-corrected chi connectivity index (χ2v) is 6.35. The Morgan fingerprint density at radius 3 is 2.65 bits per heavy atom. The summed E-state index contributed by atoms with van der Waals surface area (Å²) in [4.78, 5) is 24.2. The van der Waals surface area contributed by atoms with Crippen LogP contribution in [0.3, 0.4) is 0 Å². The van der Waals surface area contributed by atoms with E-state index in [0.29, 0.717) is 22.5 Å². The number of hydrogen-bond donors (Lipinski definition) is 1. The Labute approximate surface area is 156 Å². The fraction of sp³-hybridized carbons (Fsp3) is 0.200. The third-order valence-electron chi connectivity index (χ3n) is 4.15. The Morgan fingerprint density at radius 2 is 1.92 bits per heavy atom. The van der Waals surface area contributed by atoms with Gasteiger partial charge < -0.3 is 14.6 Å². The number of fused-ring (bicyclic) bond motifs is 1. The van der Waals surface area contributed by atoms with E-state index in [9.17, 15) is 9.59 Å². The van der Waals surface area contributed by atoms with Crippen molar-refractivity contribution in [3.05, 3.63) is 75.5 Å². The lowest BCUT2D eigenvalue weighted by molar-refractivity contribution is -0.121. The third-order valence-corrected chi connectivity index (χ3v) is 4.38. The van der Waals surface area contributed by atoms with Crippen LogP contribution in [0.25, 0.3) is 10.9 Å². The van der Waals surface area contributed by atoms with E-state index in [1.807, 2.05) is 24.3 Å². The smallest absolute Gasteiger partial charge is 0.239 e. The van der Waals surface area contributed by atoms with Crippen LogP contribution in [-0.2, 0) is 17.8 Å². The summed E-state index contributed by atoms with van der Waals surface area (Å²) < 4.78 is 6.85. The fourth-order valence-electron chi connectivity index (χ4n) is 2.77. The molecule has 2 aromatic carbocycles. The van der Waals surface area contributed by atoms with Crippen molar-refractivity contribution in [1.82, 2.24) is 9.88 Å². The molecular formula is C20H19ClN2O3. The highest BCUT2D eigenvalue weighted by molar-refractivity contribution is 6.31. The van der Waals surface area contributed by atoms with Crippen LogP contribution in [0.1, 0.15) is 5.56 Å². The summed E-state index contributed by atoms with van der Waals surface area (Å²) >= 11 is 6.03. The molecule has 0 bridgehead atoms. The van der Waals surface area contributed by atoms with Gasteiger partial charge in [-0.05, 0) is 42.3 Å². The number of methoxy groups -OCH3 is 1. The minimum atomic E-state index is -0.122. The van der Waals surface area contributed by atoms with Gasteiger partial charge in [0.25, 0.3) is 0 Å². The van der Waals surface area contributed by atoms with Gasteiger partial charge in [-0.1, -0.05) is 23.7 Å². The number of aromatic nitrogens is 1. The number of pyridine rings is 1. The fourth-order valence-corrected chi connectivity index (χ4v) is 2.93. The molecule has 3 aromatic rings. The van der Waals surface area contributed by atoms with Crippen LogP contribution >= 0.6 is 11.6 Å². The van der Waals surface area contributed by atoms with E-state index in [1.165, 1.54) is 6.07 Å². The molecule has 0 saturated carbocycles. The Bertz CT molecular complexity index is 981. The molecule has 0 saturated heterocycles. The molecular weight excluding hydrogens is 352 g/mol. The molecule has 1 N–H and O–H groups in total. The number of amides is 1. The molecule has 0 spiro atoms. The third kappa shape index (κ3) is 4.24. The minimum Gasteiger partial charge on any atom is -0.497 e. The summed E-state index contributed by atoms with van der Waals surface area (Å²) in [6, 6.07) is 14.2. The lowest BCUT2D eigenvalue weighted by Crippen LogP contribution is -2.29. The number of halogens is 1. The predicted molar refractivity (Wildman–Crippen MR) is 103 cm³/mol. The molecule has 134 valence electrons. The summed E-state index contributed by atoms with van der Waals surface area (Å²) in [6.45, 7) is 0.657. The summed E-state index contributed by atoms with van der Waals surface area (Å²) in [5.74, 6) is 0.685. The van der Waals surface area contributed by atoms with E-state index in [1.54, 1.807) is 36.1 Å². The van der Waals surface area contributed by atoms with Crippen molar-refractivity contribution in [3.8, 4) is 5.75 Å². The molecule has 1 amide bonds. The van der Waals surface area contributed by atoms with Crippen molar-refractivity contribution in [2.45, 2.75) is 13.0 Å². The molecule has 0 fully saturated rings.